The maximum Gasteiger partial charge on any atom is 0.145 e. The second-order valence-electron chi connectivity index (χ2n) is 13.6. The molecule has 0 heterocycles. The van der Waals surface area contributed by atoms with Gasteiger partial charge >= 0.3 is 0 Å². The Morgan fingerprint density at radius 2 is 0.773 bits per heavy atom. The van der Waals surface area contributed by atoms with E-state index in [9.17, 15) is 0 Å². The fourth-order valence-corrected chi connectivity index (χ4v) is 32.7. The van der Waals surface area contributed by atoms with Gasteiger partial charge in [0.05, 0.1) is 0 Å². The van der Waals surface area contributed by atoms with Crippen LogP contribution in [0.15, 0.2) is 168 Å². The van der Waals surface area contributed by atoms with Gasteiger partial charge in [-0.05, 0) is 27.3 Å². The summed E-state index contributed by atoms with van der Waals surface area (Å²) in [7, 11) is -8.46. The Hall–Kier alpha value is -3.51. The van der Waals surface area contributed by atoms with Gasteiger partial charge < -0.3 is 0 Å². The summed E-state index contributed by atoms with van der Waals surface area (Å²) in [4.78, 5) is 1.63. The standard InChI is InChI=1S/C40H46Si4/c1-41(2,3)44(6,39-31-20-11-21-32-39)40(43(5,37-27-16-9-17-28-37)38-29-18-10-19-30-38)33-22-34-42(4,35-23-12-7-13-24-35)36-25-14-8-15-26-36/h7-32H,34H2,1-6H3. The lowest BCUT2D eigenvalue weighted by molar-refractivity contribution is 1.54. The van der Waals surface area contributed by atoms with E-state index in [0.717, 1.165) is 6.04 Å². The molecule has 0 N–H and O–H groups in total. The van der Waals surface area contributed by atoms with E-state index in [-0.39, 0.29) is 0 Å². The summed E-state index contributed by atoms with van der Waals surface area (Å²) in [6.45, 7) is 15.6. The van der Waals surface area contributed by atoms with E-state index in [1.54, 1.807) is 10.0 Å². The van der Waals surface area contributed by atoms with Crippen molar-refractivity contribution in [2.24, 2.45) is 0 Å². The average molecular weight is 639 g/mol. The van der Waals surface area contributed by atoms with Crippen molar-refractivity contribution in [3.8, 4) is 0 Å². The molecular formula is C40H46Si4. The average Bonchev–Trinajstić information content (AvgIpc) is 3.07. The van der Waals surface area contributed by atoms with Crippen LogP contribution in [0.5, 0.6) is 0 Å². The Balaban J connectivity index is 1.83. The van der Waals surface area contributed by atoms with Crippen molar-refractivity contribution in [3.05, 3.63) is 168 Å². The molecule has 0 amide bonds. The lowest BCUT2D eigenvalue weighted by Gasteiger charge is -2.47. The zero-order valence-corrected chi connectivity index (χ0v) is 31.2. The number of rotatable bonds is 10. The first-order valence-electron chi connectivity index (χ1n) is 15.9. The molecule has 44 heavy (non-hydrogen) atoms. The first kappa shape index (κ1) is 31.9. The number of hydrogen-bond acceptors (Lipinski definition) is 0. The van der Waals surface area contributed by atoms with Crippen molar-refractivity contribution < 1.29 is 0 Å². The fourth-order valence-electron chi connectivity index (χ4n) is 6.88. The van der Waals surface area contributed by atoms with Gasteiger partial charge in [-0.15, -0.1) is 5.73 Å². The minimum Gasteiger partial charge on any atom is -0.134 e. The smallest absolute Gasteiger partial charge is 0.134 e. The molecule has 0 saturated heterocycles. The molecule has 0 aliphatic carbocycles. The second-order valence-corrected chi connectivity index (χ2v) is 37.5. The molecule has 4 heteroatoms. The van der Waals surface area contributed by atoms with Gasteiger partial charge in [0.2, 0.25) is 0 Å². The van der Waals surface area contributed by atoms with Crippen molar-refractivity contribution in [1.82, 2.24) is 0 Å². The second kappa shape index (κ2) is 13.2. The van der Waals surface area contributed by atoms with Crippen LogP contribution in [-0.4, -0.2) is 31.3 Å². The molecule has 1 atom stereocenters. The Bertz CT molecular complexity index is 1630. The molecule has 0 bridgehead atoms. The highest BCUT2D eigenvalue weighted by molar-refractivity contribution is 7.52. The first-order valence-corrected chi connectivity index (χ1v) is 28.1. The van der Waals surface area contributed by atoms with Crippen LogP contribution < -0.4 is 25.9 Å². The monoisotopic (exact) mass is 638 g/mol. The zero-order valence-electron chi connectivity index (χ0n) is 27.2. The van der Waals surface area contributed by atoms with Crippen LogP contribution in [0, 0.1) is 0 Å². The van der Waals surface area contributed by atoms with Crippen LogP contribution in [0.25, 0.3) is 0 Å². The van der Waals surface area contributed by atoms with E-state index >= 15 is 0 Å². The van der Waals surface area contributed by atoms with E-state index in [1.807, 2.05) is 0 Å². The van der Waals surface area contributed by atoms with Crippen LogP contribution >= 0.6 is 0 Å². The van der Waals surface area contributed by atoms with E-state index in [0.29, 0.717) is 0 Å². The molecule has 0 aliphatic rings. The minimum absolute atomic E-state index is 1.02. The van der Waals surface area contributed by atoms with E-state index in [4.69, 9.17) is 0 Å². The number of benzene rings is 5. The summed E-state index contributed by atoms with van der Waals surface area (Å²) in [5, 5.41) is 7.45. The molecular weight excluding hydrogens is 593 g/mol. The largest absolute Gasteiger partial charge is 0.145 e. The summed E-state index contributed by atoms with van der Waals surface area (Å²) < 4.78 is 0. The molecule has 0 fully saturated rings. The maximum atomic E-state index is 4.28. The Labute approximate surface area is 269 Å². The SMILES string of the molecule is C[Si](CC=C=C([Si](C)(c1ccccc1)c1ccccc1)[Si](C)(c1ccccc1)[Si](C)(C)C)(c1ccccc1)c1ccccc1. The Morgan fingerprint density at radius 3 is 1.11 bits per heavy atom. The van der Waals surface area contributed by atoms with Crippen LogP contribution in [0.4, 0.5) is 0 Å². The molecule has 222 valence electrons. The van der Waals surface area contributed by atoms with Gasteiger partial charge in [0.15, 0.2) is 0 Å². The molecule has 0 aliphatic heterocycles. The highest BCUT2D eigenvalue weighted by Crippen LogP contribution is 2.33. The molecule has 0 aromatic heterocycles. The van der Waals surface area contributed by atoms with Crippen molar-refractivity contribution in [2.45, 2.75) is 45.3 Å². The lowest BCUT2D eigenvalue weighted by atomic mass is 10.4. The van der Waals surface area contributed by atoms with E-state index in [2.05, 4.69) is 203 Å². The van der Waals surface area contributed by atoms with Crippen molar-refractivity contribution in [1.29, 1.82) is 0 Å². The van der Waals surface area contributed by atoms with E-state index < -0.39 is 31.3 Å². The Kier molecular flexibility index (Phi) is 9.59. The highest BCUT2D eigenvalue weighted by Gasteiger charge is 2.53. The van der Waals surface area contributed by atoms with Crippen LogP contribution in [0.2, 0.25) is 45.3 Å². The zero-order chi connectivity index (χ0) is 31.3. The molecule has 0 saturated carbocycles. The Morgan fingerprint density at radius 1 is 0.455 bits per heavy atom. The number of hydrogen-bond donors (Lipinski definition) is 0. The van der Waals surface area contributed by atoms with Gasteiger partial charge in [-0.25, -0.2) is 0 Å². The lowest BCUT2D eigenvalue weighted by Crippen LogP contribution is -2.73. The molecule has 5 rings (SSSR count). The summed E-state index contributed by atoms with van der Waals surface area (Å²) >= 11 is 0. The van der Waals surface area contributed by atoms with Gasteiger partial charge in [0.1, 0.15) is 23.7 Å². The van der Waals surface area contributed by atoms with Crippen LogP contribution in [0.1, 0.15) is 0 Å². The van der Waals surface area contributed by atoms with Crippen molar-refractivity contribution >= 4 is 57.3 Å². The topological polar surface area (TPSA) is 0 Å². The molecule has 5 aromatic rings. The van der Waals surface area contributed by atoms with Crippen molar-refractivity contribution in [2.75, 3.05) is 0 Å². The van der Waals surface area contributed by atoms with Gasteiger partial charge in [0.25, 0.3) is 0 Å². The highest BCUT2D eigenvalue weighted by atomic mass is 29.3. The third kappa shape index (κ3) is 6.06. The maximum absolute atomic E-state index is 4.28. The molecule has 0 spiro atoms. The summed E-state index contributed by atoms with van der Waals surface area (Å²) in [5.74, 6) is 0. The van der Waals surface area contributed by atoms with Gasteiger partial charge in [0, 0.05) is 7.59 Å². The molecule has 0 nitrogen and oxygen atoms in total. The summed E-state index contributed by atoms with van der Waals surface area (Å²) in [6.07, 6.45) is 2.48. The summed E-state index contributed by atoms with van der Waals surface area (Å²) in [6, 6.07) is 57.8. The first-order chi connectivity index (χ1) is 21.1. The van der Waals surface area contributed by atoms with Gasteiger partial charge in [-0.1, -0.05) is 207 Å². The van der Waals surface area contributed by atoms with E-state index in [1.165, 1.54) is 20.7 Å². The number of allylic oxidation sites excluding steroid dienone is 1. The van der Waals surface area contributed by atoms with Crippen molar-refractivity contribution in [3.63, 3.8) is 0 Å². The third-order valence-electron chi connectivity index (χ3n) is 10.1. The molecule has 0 radical (unpaired) electrons. The predicted octanol–water partition coefficient (Wildman–Crippen LogP) is 7.33. The molecule has 1 unspecified atom stereocenters. The predicted molar refractivity (Wildman–Crippen MR) is 205 cm³/mol. The molecule has 5 aromatic carbocycles. The van der Waals surface area contributed by atoms with Crippen LogP contribution in [-0.2, 0) is 0 Å². The van der Waals surface area contributed by atoms with Crippen LogP contribution in [0.3, 0.4) is 0 Å². The van der Waals surface area contributed by atoms with Gasteiger partial charge in [-0.2, -0.15) is 0 Å². The third-order valence-corrected chi connectivity index (χ3v) is 38.5. The fraction of sp³-hybridized carbons (Fsp3) is 0.175. The quantitative estimate of drug-likeness (QED) is 0.111. The normalized spacial score (nSPS) is 13.4. The van der Waals surface area contributed by atoms with Gasteiger partial charge in [-0.3, -0.25) is 0 Å². The summed E-state index contributed by atoms with van der Waals surface area (Å²) in [5.41, 5.74) is 4.28. The minimum atomic E-state index is -2.43.